The smallest absolute Gasteiger partial charge is 0.182 e. The first-order valence-corrected chi connectivity index (χ1v) is 19.7. The van der Waals surface area contributed by atoms with Gasteiger partial charge in [-0.3, -0.25) is 4.98 Å². The molecule has 0 fully saturated rings. The van der Waals surface area contributed by atoms with E-state index in [1.165, 1.54) is 38.5 Å². The fraction of sp³-hybridized carbons (Fsp3) is 0.0566. The average Bonchev–Trinajstić information content (AvgIpc) is 3.73. The Morgan fingerprint density at radius 2 is 0.966 bits per heavy atom. The zero-order valence-corrected chi connectivity index (χ0v) is 32.1. The minimum Gasteiger partial charge on any atom is -0.308 e. The molecule has 274 valence electrons. The van der Waals surface area contributed by atoms with Crippen LogP contribution in [0.5, 0.6) is 0 Å². The van der Waals surface area contributed by atoms with Gasteiger partial charge in [0.25, 0.3) is 0 Å². The predicted molar refractivity (Wildman–Crippen MR) is 237 cm³/mol. The number of hydrogen-bond donors (Lipinski definition) is 0. The van der Waals surface area contributed by atoms with Gasteiger partial charge in [0.1, 0.15) is 5.69 Å². The summed E-state index contributed by atoms with van der Waals surface area (Å²) in [6, 6.07) is 64.4. The van der Waals surface area contributed by atoms with Crippen LogP contribution in [0.2, 0.25) is 0 Å². The van der Waals surface area contributed by atoms with Crippen LogP contribution < -0.4 is 0 Å². The van der Waals surface area contributed by atoms with Gasteiger partial charge < -0.3 is 4.57 Å². The van der Waals surface area contributed by atoms with Crippen LogP contribution in [0.1, 0.15) is 25.0 Å². The maximum Gasteiger partial charge on any atom is 0.182 e. The maximum absolute atomic E-state index is 5.18. The van der Waals surface area contributed by atoms with Crippen LogP contribution in [0.25, 0.3) is 95.2 Å². The molecule has 0 bridgehead atoms. The maximum atomic E-state index is 5.18. The molecule has 11 rings (SSSR count). The van der Waals surface area contributed by atoms with Crippen LogP contribution in [0.4, 0.5) is 0 Å². The highest BCUT2D eigenvalue weighted by molar-refractivity contribution is 6.13. The van der Waals surface area contributed by atoms with Crippen molar-refractivity contribution < 1.29 is 0 Å². The first kappa shape index (κ1) is 33.8. The number of rotatable bonds is 6. The molecule has 0 saturated heterocycles. The molecular formula is C53H37N5. The molecule has 0 N–H and O–H groups in total. The highest BCUT2D eigenvalue weighted by Crippen LogP contribution is 2.52. The van der Waals surface area contributed by atoms with E-state index in [1.807, 2.05) is 48.5 Å². The summed E-state index contributed by atoms with van der Waals surface area (Å²) >= 11 is 0. The van der Waals surface area contributed by atoms with Gasteiger partial charge in [0, 0.05) is 44.6 Å². The van der Waals surface area contributed by atoms with Gasteiger partial charge in [-0.25, -0.2) is 15.0 Å². The van der Waals surface area contributed by atoms with E-state index in [4.69, 9.17) is 15.0 Å². The van der Waals surface area contributed by atoms with Gasteiger partial charge in [-0.1, -0.05) is 153 Å². The molecule has 3 aromatic heterocycles. The van der Waals surface area contributed by atoms with Crippen LogP contribution in [-0.4, -0.2) is 24.5 Å². The number of nitrogens with zero attached hydrogens (tertiary/aromatic N) is 5. The Kier molecular flexibility index (Phi) is 7.76. The van der Waals surface area contributed by atoms with E-state index in [2.05, 4.69) is 157 Å². The molecule has 5 heteroatoms. The normalized spacial score (nSPS) is 12.8. The first-order valence-electron chi connectivity index (χ1n) is 19.7. The average molecular weight is 744 g/mol. The van der Waals surface area contributed by atoms with E-state index in [1.54, 1.807) is 6.20 Å². The van der Waals surface area contributed by atoms with E-state index in [9.17, 15) is 0 Å². The van der Waals surface area contributed by atoms with Gasteiger partial charge in [-0.15, -0.1) is 0 Å². The molecule has 10 aromatic rings. The third-order valence-corrected chi connectivity index (χ3v) is 11.7. The van der Waals surface area contributed by atoms with Crippen LogP contribution in [0.15, 0.2) is 188 Å². The number of benzene rings is 7. The molecule has 3 heterocycles. The van der Waals surface area contributed by atoms with Crippen LogP contribution in [-0.2, 0) is 5.41 Å². The summed E-state index contributed by atoms with van der Waals surface area (Å²) in [6.07, 6.45) is 1.78. The van der Waals surface area contributed by atoms with E-state index in [0.29, 0.717) is 23.2 Å². The second-order valence-corrected chi connectivity index (χ2v) is 15.5. The summed E-state index contributed by atoms with van der Waals surface area (Å²) in [5, 5.41) is 2.45. The number of fused-ring (bicyclic) bond motifs is 6. The Bertz CT molecular complexity index is 3050. The summed E-state index contributed by atoms with van der Waals surface area (Å²) < 4.78 is 2.50. The standard InChI is InChI=1S/C53H37N5/c1-53(2)44-26-14-12-24-38(44)42-32-43-39-25-13-15-28-47(39)58(48(43)33-45(42)53)49-40(34-18-6-3-7-19-34)30-37(31-41(49)35-20-8-4-9-21-35)51-55-50(36-22-10-5-11-23-36)56-52(57-51)46-27-16-17-29-54-46/h3-33H,1-2H3. The third-order valence-electron chi connectivity index (χ3n) is 11.7. The lowest BCUT2D eigenvalue weighted by Crippen LogP contribution is -2.15. The second-order valence-electron chi connectivity index (χ2n) is 15.5. The fourth-order valence-corrected chi connectivity index (χ4v) is 8.91. The minimum absolute atomic E-state index is 0.157. The second kappa shape index (κ2) is 13.3. The van der Waals surface area contributed by atoms with Crippen LogP contribution in [0, 0.1) is 0 Å². The summed E-state index contributed by atoms with van der Waals surface area (Å²) in [6.45, 7) is 4.71. The van der Waals surface area contributed by atoms with Gasteiger partial charge >= 0.3 is 0 Å². The molecule has 0 spiro atoms. The SMILES string of the molecule is CC1(C)c2ccccc2-c2cc3c4ccccc4n(-c4c(-c5ccccc5)cc(-c5nc(-c6ccccc6)nc(-c6ccccn6)n5)cc4-c4ccccc4)c3cc21. The van der Waals surface area contributed by atoms with Crippen LogP contribution in [0.3, 0.4) is 0 Å². The van der Waals surface area contributed by atoms with Crippen molar-refractivity contribution in [3.8, 4) is 73.4 Å². The van der Waals surface area contributed by atoms with Crippen molar-refractivity contribution in [1.82, 2.24) is 24.5 Å². The Morgan fingerprint density at radius 1 is 0.397 bits per heavy atom. The molecule has 0 amide bonds. The minimum atomic E-state index is -0.157. The first-order chi connectivity index (χ1) is 28.5. The molecule has 0 aliphatic heterocycles. The number of hydrogen-bond acceptors (Lipinski definition) is 4. The molecule has 5 nitrogen and oxygen atoms in total. The molecular weight excluding hydrogens is 707 g/mol. The van der Waals surface area contributed by atoms with Crippen molar-refractivity contribution in [3.05, 3.63) is 199 Å². The summed E-state index contributed by atoms with van der Waals surface area (Å²) in [5.41, 5.74) is 15.4. The van der Waals surface area contributed by atoms with Crippen molar-refractivity contribution in [2.45, 2.75) is 19.3 Å². The number of para-hydroxylation sites is 1. The molecule has 0 radical (unpaired) electrons. The topological polar surface area (TPSA) is 56.5 Å². The van der Waals surface area contributed by atoms with E-state index in [0.717, 1.165) is 44.6 Å². The van der Waals surface area contributed by atoms with Crippen LogP contribution >= 0.6 is 0 Å². The zero-order valence-electron chi connectivity index (χ0n) is 32.1. The van der Waals surface area contributed by atoms with Gasteiger partial charge in [0.15, 0.2) is 17.5 Å². The van der Waals surface area contributed by atoms with Gasteiger partial charge in [-0.2, -0.15) is 0 Å². The zero-order chi connectivity index (χ0) is 38.8. The molecule has 7 aromatic carbocycles. The largest absolute Gasteiger partial charge is 0.308 e. The lowest BCUT2D eigenvalue weighted by molar-refractivity contribution is 0.661. The van der Waals surface area contributed by atoms with Gasteiger partial charge in [0.2, 0.25) is 0 Å². The van der Waals surface area contributed by atoms with Crippen molar-refractivity contribution in [2.24, 2.45) is 0 Å². The summed E-state index contributed by atoms with van der Waals surface area (Å²) in [5.74, 6) is 1.70. The monoisotopic (exact) mass is 743 g/mol. The lowest BCUT2D eigenvalue weighted by atomic mass is 9.82. The Hall–Kier alpha value is -7.50. The quantitative estimate of drug-likeness (QED) is 0.170. The summed E-state index contributed by atoms with van der Waals surface area (Å²) in [4.78, 5) is 19.9. The molecule has 58 heavy (non-hydrogen) atoms. The van der Waals surface area contributed by atoms with E-state index < -0.39 is 0 Å². The van der Waals surface area contributed by atoms with E-state index >= 15 is 0 Å². The van der Waals surface area contributed by atoms with Crippen molar-refractivity contribution in [1.29, 1.82) is 0 Å². The molecule has 1 aliphatic carbocycles. The van der Waals surface area contributed by atoms with Crippen molar-refractivity contribution in [2.75, 3.05) is 0 Å². The number of aromatic nitrogens is 5. The molecule has 0 atom stereocenters. The number of pyridine rings is 1. The predicted octanol–water partition coefficient (Wildman–Crippen LogP) is 13.0. The summed E-state index contributed by atoms with van der Waals surface area (Å²) in [7, 11) is 0. The van der Waals surface area contributed by atoms with Gasteiger partial charge in [-0.05, 0) is 75.8 Å². The lowest BCUT2D eigenvalue weighted by Gasteiger charge is -2.23. The Labute approximate surface area is 337 Å². The van der Waals surface area contributed by atoms with Gasteiger partial charge in [0.05, 0.1) is 16.7 Å². The molecule has 0 unspecified atom stereocenters. The Balaban J connectivity index is 1.25. The van der Waals surface area contributed by atoms with E-state index in [-0.39, 0.29) is 5.41 Å². The Morgan fingerprint density at radius 3 is 1.64 bits per heavy atom. The molecule has 1 aliphatic rings. The fourth-order valence-electron chi connectivity index (χ4n) is 8.91. The van der Waals surface area contributed by atoms with Crippen molar-refractivity contribution >= 4 is 21.8 Å². The molecule has 0 saturated carbocycles. The highest BCUT2D eigenvalue weighted by Gasteiger charge is 2.36. The van der Waals surface area contributed by atoms with Crippen molar-refractivity contribution in [3.63, 3.8) is 0 Å². The highest BCUT2D eigenvalue weighted by atomic mass is 15.0. The third kappa shape index (κ3) is 5.39.